The van der Waals surface area contributed by atoms with Crippen LogP contribution in [0, 0.1) is 0 Å². The summed E-state index contributed by atoms with van der Waals surface area (Å²) in [7, 11) is 0. The Bertz CT molecular complexity index is 2780. The Morgan fingerprint density at radius 2 is 1.07 bits per heavy atom. The second-order valence-corrected chi connectivity index (χ2v) is 12.0. The van der Waals surface area contributed by atoms with Crippen molar-refractivity contribution in [2.45, 2.75) is 0 Å². The quantitative estimate of drug-likeness (QED) is 0.189. The van der Waals surface area contributed by atoms with Crippen molar-refractivity contribution in [3.8, 4) is 27.9 Å². The Morgan fingerprint density at radius 3 is 1.91 bits per heavy atom. The molecule has 10 rings (SSSR count). The molecule has 0 unspecified atom stereocenters. The van der Waals surface area contributed by atoms with Gasteiger partial charge in [-0.15, -0.1) is 0 Å². The fourth-order valence-corrected chi connectivity index (χ4v) is 7.39. The second-order valence-electron chi connectivity index (χ2n) is 12.0. The van der Waals surface area contributed by atoms with Crippen molar-refractivity contribution >= 4 is 60.2 Å². The summed E-state index contributed by atoms with van der Waals surface area (Å²) >= 11 is 0. The molecule has 7 aromatic carbocycles. The molecular formula is C43H27N3. The van der Waals surface area contributed by atoms with Gasteiger partial charge in [0, 0.05) is 21.8 Å². The number of para-hydroxylation sites is 2. The third-order valence-electron chi connectivity index (χ3n) is 9.49. The van der Waals surface area contributed by atoms with Gasteiger partial charge in [-0.05, 0) is 68.7 Å². The predicted octanol–water partition coefficient (Wildman–Crippen LogP) is 11.2. The van der Waals surface area contributed by atoms with E-state index in [2.05, 4.69) is 173 Å². The SMILES string of the molecule is c1ccc(-n2c3ccccc3c3nc4c5ccccc5c5cc(-c6ccc(-c7cccc8ccccc78)cc6)ccc5n4c32)cc1. The van der Waals surface area contributed by atoms with Crippen LogP contribution in [0.2, 0.25) is 0 Å². The molecule has 0 saturated carbocycles. The van der Waals surface area contributed by atoms with E-state index in [0.717, 1.165) is 44.3 Å². The fraction of sp³-hybridized carbons (Fsp3) is 0. The minimum atomic E-state index is 0.982. The summed E-state index contributed by atoms with van der Waals surface area (Å²) in [5, 5.41) is 7.27. The number of rotatable bonds is 3. The van der Waals surface area contributed by atoms with Gasteiger partial charge in [0.2, 0.25) is 0 Å². The van der Waals surface area contributed by atoms with E-state index in [1.807, 2.05) is 0 Å². The lowest BCUT2D eigenvalue weighted by Gasteiger charge is -2.13. The maximum Gasteiger partial charge on any atom is 0.151 e. The van der Waals surface area contributed by atoms with Crippen molar-refractivity contribution < 1.29 is 0 Å². The number of pyridine rings is 1. The smallest absolute Gasteiger partial charge is 0.151 e. The number of hydrogen-bond donors (Lipinski definition) is 0. The first kappa shape index (κ1) is 25.2. The fourth-order valence-electron chi connectivity index (χ4n) is 7.39. The van der Waals surface area contributed by atoms with Crippen LogP contribution >= 0.6 is 0 Å². The molecule has 0 N–H and O–H groups in total. The van der Waals surface area contributed by atoms with Crippen LogP contribution in [0.5, 0.6) is 0 Å². The average Bonchev–Trinajstić information content (AvgIpc) is 3.67. The highest BCUT2D eigenvalue weighted by Crippen LogP contribution is 2.39. The van der Waals surface area contributed by atoms with Gasteiger partial charge in [0.25, 0.3) is 0 Å². The number of aromatic nitrogens is 3. The minimum absolute atomic E-state index is 0.982. The average molecular weight is 586 g/mol. The van der Waals surface area contributed by atoms with Gasteiger partial charge in [-0.3, -0.25) is 8.97 Å². The molecule has 0 saturated heterocycles. The van der Waals surface area contributed by atoms with Gasteiger partial charge < -0.3 is 0 Å². The third kappa shape index (κ3) is 3.57. The van der Waals surface area contributed by atoms with Gasteiger partial charge in [-0.1, -0.05) is 133 Å². The first-order chi connectivity index (χ1) is 22.8. The van der Waals surface area contributed by atoms with Crippen molar-refractivity contribution in [2.75, 3.05) is 0 Å². The molecule has 0 spiro atoms. The van der Waals surface area contributed by atoms with Crippen LogP contribution in [0.1, 0.15) is 0 Å². The Balaban J connectivity index is 1.22. The molecule has 3 heterocycles. The van der Waals surface area contributed by atoms with Crippen LogP contribution in [-0.2, 0) is 0 Å². The molecule has 0 aliphatic carbocycles. The molecule has 0 radical (unpaired) electrons. The Hall–Kier alpha value is -6.19. The molecule has 0 atom stereocenters. The summed E-state index contributed by atoms with van der Waals surface area (Å²) in [6.07, 6.45) is 0. The van der Waals surface area contributed by atoms with E-state index in [-0.39, 0.29) is 0 Å². The van der Waals surface area contributed by atoms with E-state index in [0.29, 0.717) is 0 Å². The van der Waals surface area contributed by atoms with Crippen molar-refractivity contribution in [3.63, 3.8) is 0 Å². The van der Waals surface area contributed by atoms with Crippen LogP contribution in [0.25, 0.3) is 88.1 Å². The third-order valence-corrected chi connectivity index (χ3v) is 9.49. The van der Waals surface area contributed by atoms with Gasteiger partial charge in [0.15, 0.2) is 5.65 Å². The standard InChI is InChI=1S/C43H27N3/c1-2-13-32(14-3-1)45-39-20-9-8-18-37(39)41-43(45)46-40-26-25-31(27-38(40)35-16-6-7-17-36(35)42(46)44-41)28-21-23-30(24-22-28)34-19-10-12-29-11-4-5-15-33(29)34/h1-27H. The summed E-state index contributed by atoms with van der Waals surface area (Å²) < 4.78 is 4.73. The number of nitrogens with zero attached hydrogens (tertiary/aromatic N) is 3. The highest BCUT2D eigenvalue weighted by atomic mass is 15.2. The van der Waals surface area contributed by atoms with Crippen LogP contribution < -0.4 is 0 Å². The van der Waals surface area contributed by atoms with Gasteiger partial charge in [-0.25, -0.2) is 4.98 Å². The lowest BCUT2D eigenvalue weighted by molar-refractivity contribution is 1.12. The van der Waals surface area contributed by atoms with Gasteiger partial charge in [-0.2, -0.15) is 0 Å². The molecule has 0 aliphatic rings. The number of imidazole rings is 1. The second kappa shape index (κ2) is 9.65. The molecule has 46 heavy (non-hydrogen) atoms. The molecule has 0 bridgehead atoms. The molecule has 3 heteroatoms. The lowest BCUT2D eigenvalue weighted by Crippen LogP contribution is -1.99. The first-order valence-electron chi connectivity index (χ1n) is 15.7. The van der Waals surface area contributed by atoms with Crippen molar-refractivity contribution in [1.29, 1.82) is 0 Å². The first-order valence-corrected chi connectivity index (χ1v) is 15.7. The number of benzene rings is 7. The van der Waals surface area contributed by atoms with E-state index in [4.69, 9.17) is 4.98 Å². The molecule has 0 aliphatic heterocycles. The minimum Gasteiger partial charge on any atom is -0.294 e. The maximum atomic E-state index is 5.35. The molecular weight excluding hydrogens is 558 g/mol. The monoisotopic (exact) mass is 585 g/mol. The van der Waals surface area contributed by atoms with Gasteiger partial charge >= 0.3 is 0 Å². The summed E-state index contributed by atoms with van der Waals surface area (Å²) in [5.74, 6) is 0. The Labute approximate surface area is 265 Å². The lowest BCUT2D eigenvalue weighted by atomic mass is 9.95. The Morgan fingerprint density at radius 1 is 0.413 bits per heavy atom. The molecule has 0 fully saturated rings. The zero-order chi connectivity index (χ0) is 30.2. The predicted molar refractivity (Wildman–Crippen MR) is 193 cm³/mol. The maximum absolute atomic E-state index is 5.35. The van der Waals surface area contributed by atoms with E-state index >= 15 is 0 Å². The summed E-state index contributed by atoms with van der Waals surface area (Å²) in [6.45, 7) is 0. The highest BCUT2D eigenvalue weighted by molar-refractivity contribution is 6.17. The molecule has 10 aromatic rings. The molecule has 3 aromatic heterocycles. The highest BCUT2D eigenvalue weighted by Gasteiger charge is 2.21. The molecule has 0 amide bonds. The summed E-state index contributed by atoms with van der Waals surface area (Å²) in [5.41, 5.74) is 11.4. The Kier molecular flexibility index (Phi) is 5.28. The van der Waals surface area contributed by atoms with Crippen molar-refractivity contribution in [2.24, 2.45) is 0 Å². The van der Waals surface area contributed by atoms with E-state index in [1.54, 1.807) is 0 Å². The largest absolute Gasteiger partial charge is 0.294 e. The van der Waals surface area contributed by atoms with E-state index in [9.17, 15) is 0 Å². The normalized spacial score (nSPS) is 11.9. The van der Waals surface area contributed by atoms with Gasteiger partial charge in [0.05, 0.1) is 11.0 Å². The van der Waals surface area contributed by atoms with Crippen LogP contribution in [0.3, 0.4) is 0 Å². The van der Waals surface area contributed by atoms with Crippen LogP contribution in [-0.4, -0.2) is 14.0 Å². The zero-order valence-electron chi connectivity index (χ0n) is 24.9. The van der Waals surface area contributed by atoms with Crippen LogP contribution in [0.15, 0.2) is 164 Å². The van der Waals surface area contributed by atoms with E-state index in [1.165, 1.54) is 43.8 Å². The number of fused-ring (bicyclic) bond motifs is 11. The zero-order valence-corrected chi connectivity index (χ0v) is 24.9. The molecule has 214 valence electrons. The van der Waals surface area contributed by atoms with E-state index < -0.39 is 0 Å². The van der Waals surface area contributed by atoms with Gasteiger partial charge in [0.1, 0.15) is 11.2 Å². The summed E-state index contributed by atoms with van der Waals surface area (Å²) in [4.78, 5) is 5.35. The van der Waals surface area contributed by atoms with Crippen LogP contribution in [0.4, 0.5) is 0 Å². The van der Waals surface area contributed by atoms with Crippen molar-refractivity contribution in [1.82, 2.24) is 14.0 Å². The number of hydrogen-bond acceptors (Lipinski definition) is 1. The summed E-state index contributed by atoms with van der Waals surface area (Å²) in [6, 6.07) is 58.9. The molecule has 3 nitrogen and oxygen atoms in total. The topological polar surface area (TPSA) is 22.2 Å². The van der Waals surface area contributed by atoms with Crippen molar-refractivity contribution in [3.05, 3.63) is 164 Å².